The van der Waals surface area contributed by atoms with E-state index in [1.54, 1.807) is 31.4 Å². The van der Waals surface area contributed by atoms with Crippen LogP contribution in [0.2, 0.25) is 0 Å². The van der Waals surface area contributed by atoms with Crippen LogP contribution in [0.1, 0.15) is 5.56 Å². The molecule has 4 nitrogen and oxygen atoms in total. The van der Waals surface area contributed by atoms with E-state index in [2.05, 4.69) is 20.7 Å². The lowest BCUT2D eigenvalue weighted by molar-refractivity contribution is 0.415. The van der Waals surface area contributed by atoms with Gasteiger partial charge in [0.25, 0.3) is 0 Å². The summed E-state index contributed by atoms with van der Waals surface area (Å²) < 4.78 is 33.3. The molecular formula is C18H16BrNO3S. The van der Waals surface area contributed by atoms with E-state index in [-0.39, 0.29) is 11.4 Å². The van der Waals surface area contributed by atoms with Gasteiger partial charge >= 0.3 is 0 Å². The smallest absolute Gasteiger partial charge is 0.240 e. The van der Waals surface area contributed by atoms with Crippen molar-refractivity contribution in [1.29, 1.82) is 0 Å². The molecule has 0 amide bonds. The molecule has 3 rings (SSSR count). The molecule has 3 aromatic carbocycles. The van der Waals surface area contributed by atoms with Crippen molar-refractivity contribution >= 4 is 36.7 Å². The predicted octanol–water partition coefficient (Wildman–Crippen LogP) is 4.09. The number of fused-ring (bicyclic) bond motifs is 1. The molecule has 0 spiro atoms. The number of halogens is 1. The molecule has 0 saturated heterocycles. The fourth-order valence-electron chi connectivity index (χ4n) is 2.39. The number of methoxy groups -OCH3 is 1. The number of ether oxygens (including phenoxy) is 1. The van der Waals surface area contributed by atoms with E-state index in [4.69, 9.17) is 4.74 Å². The van der Waals surface area contributed by atoms with Gasteiger partial charge in [-0.05, 0) is 58.8 Å². The Morgan fingerprint density at radius 2 is 1.62 bits per heavy atom. The number of hydrogen-bond acceptors (Lipinski definition) is 3. The minimum atomic E-state index is -3.53. The fourth-order valence-corrected chi connectivity index (χ4v) is 3.67. The van der Waals surface area contributed by atoms with E-state index in [0.29, 0.717) is 0 Å². The van der Waals surface area contributed by atoms with Crippen molar-refractivity contribution in [2.24, 2.45) is 0 Å². The average Bonchev–Trinajstić information content (AvgIpc) is 2.60. The topological polar surface area (TPSA) is 55.4 Å². The zero-order valence-corrected chi connectivity index (χ0v) is 15.4. The summed E-state index contributed by atoms with van der Waals surface area (Å²) in [7, 11) is -1.90. The summed E-state index contributed by atoms with van der Waals surface area (Å²) in [5.41, 5.74) is 0.897. The molecule has 1 N–H and O–H groups in total. The van der Waals surface area contributed by atoms with Crippen LogP contribution in [0.15, 0.2) is 70.0 Å². The van der Waals surface area contributed by atoms with Crippen molar-refractivity contribution in [1.82, 2.24) is 4.72 Å². The maximum Gasteiger partial charge on any atom is 0.240 e. The molecule has 3 aromatic rings. The quantitative estimate of drug-likeness (QED) is 0.695. The lowest BCUT2D eigenvalue weighted by Gasteiger charge is -2.08. The molecule has 0 bridgehead atoms. The lowest BCUT2D eigenvalue weighted by Crippen LogP contribution is -2.23. The van der Waals surface area contributed by atoms with E-state index < -0.39 is 10.0 Å². The summed E-state index contributed by atoms with van der Waals surface area (Å²) >= 11 is 3.30. The molecule has 0 aliphatic carbocycles. The van der Waals surface area contributed by atoms with Crippen molar-refractivity contribution in [3.63, 3.8) is 0 Å². The minimum Gasteiger partial charge on any atom is -0.497 e. The zero-order chi connectivity index (χ0) is 17.2. The largest absolute Gasteiger partial charge is 0.497 e. The van der Waals surface area contributed by atoms with Gasteiger partial charge in [0.15, 0.2) is 0 Å². The Balaban J connectivity index is 1.78. The van der Waals surface area contributed by atoms with Crippen LogP contribution >= 0.6 is 15.9 Å². The van der Waals surface area contributed by atoms with E-state index in [0.717, 1.165) is 26.6 Å². The first-order chi connectivity index (χ1) is 11.5. The Morgan fingerprint density at radius 3 is 2.33 bits per heavy atom. The molecule has 0 aromatic heterocycles. The van der Waals surface area contributed by atoms with Crippen LogP contribution < -0.4 is 9.46 Å². The highest BCUT2D eigenvalue weighted by molar-refractivity contribution is 9.10. The predicted molar refractivity (Wildman–Crippen MR) is 98.7 cm³/mol. The highest BCUT2D eigenvalue weighted by Crippen LogP contribution is 2.22. The standard InChI is InChI=1S/C18H16BrNO3S/c1-23-17-7-4-14-10-13(2-3-15(14)11-17)12-20-24(21,22)18-8-5-16(19)6-9-18/h2-11,20H,12H2,1H3. The van der Waals surface area contributed by atoms with Crippen LogP contribution in [0.25, 0.3) is 10.8 Å². The maximum atomic E-state index is 12.3. The van der Waals surface area contributed by atoms with Crippen molar-refractivity contribution < 1.29 is 13.2 Å². The Labute approximate surface area is 149 Å². The Morgan fingerprint density at radius 1 is 0.958 bits per heavy atom. The number of hydrogen-bond donors (Lipinski definition) is 1. The van der Waals surface area contributed by atoms with Crippen LogP contribution in [0.4, 0.5) is 0 Å². The van der Waals surface area contributed by atoms with Crippen LogP contribution in [0, 0.1) is 0 Å². The van der Waals surface area contributed by atoms with Gasteiger partial charge in [0, 0.05) is 11.0 Å². The van der Waals surface area contributed by atoms with Crippen molar-refractivity contribution in [2.45, 2.75) is 11.4 Å². The molecule has 0 aliphatic heterocycles. The first kappa shape index (κ1) is 17.0. The third-order valence-corrected chi connectivity index (χ3v) is 5.65. The van der Waals surface area contributed by atoms with Crippen molar-refractivity contribution in [2.75, 3.05) is 7.11 Å². The van der Waals surface area contributed by atoms with Crippen molar-refractivity contribution in [3.05, 3.63) is 70.7 Å². The fraction of sp³-hybridized carbons (Fsp3) is 0.111. The second-order valence-corrected chi connectivity index (χ2v) is 8.01. The van der Waals surface area contributed by atoms with Crippen molar-refractivity contribution in [3.8, 4) is 5.75 Å². The zero-order valence-electron chi connectivity index (χ0n) is 13.0. The van der Waals surface area contributed by atoms with Gasteiger partial charge in [-0.2, -0.15) is 0 Å². The summed E-state index contributed by atoms with van der Waals surface area (Å²) in [6.45, 7) is 0.236. The summed E-state index contributed by atoms with van der Waals surface area (Å²) in [4.78, 5) is 0.247. The van der Waals surface area contributed by atoms with Crippen LogP contribution in [0.5, 0.6) is 5.75 Å². The van der Waals surface area contributed by atoms with Crippen LogP contribution in [0.3, 0.4) is 0 Å². The number of benzene rings is 3. The minimum absolute atomic E-state index is 0.236. The Hall–Kier alpha value is -1.89. The molecule has 0 fully saturated rings. The van der Waals surface area contributed by atoms with Gasteiger partial charge in [-0.1, -0.05) is 34.1 Å². The maximum absolute atomic E-state index is 12.3. The monoisotopic (exact) mass is 405 g/mol. The number of nitrogens with one attached hydrogen (secondary N) is 1. The molecule has 6 heteroatoms. The molecule has 0 aliphatic rings. The van der Waals surface area contributed by atoms with Gasteiger partial charge in [-0.25, -0.2) is 13.1 Å². The average molecular weight is 406 g/mol. The SMILES string of the molecule is COc1ccc2cc(CNS(=O)(=O)c3ccc(Br)cc3)ccc2c1. The number of sulfonamides is 1. The highest BCUT2D eigenvalue weighted by Gasteiger charge is 2.13. The summed E-state index contributed by atoms with van der Waals surface area (Å²) in [6, 6.07) is 18.2. The van der Waals surface area contributed by atoms with Gasteiger partial charge in [0.05, 0.1) is 12.0 Å². The van der Waals surface area contributed by atoms with Crippen LogP contribution in [-0.4, -0.2) is 15.5 Å². The third-order valence-electron chi connectivity index (χ3n) is 3.70. The molecule has 0 radical (unpaired) electrons. The summed E-state index contributed by atoms with van der Waals surface area (Å²) in [5, 5.41) is 2.09. The van der Waals surface area contributed by atoms with Gasteiger partial charge in [-0.15, -0.1) is 0 Å². The molecular weight excluding hydrogens is 390 g/mol. The van der Waals surface area contributed by atoms with E-state index in [1.807, 2.05) is 36.4 Å². The first-order valence-corrected chi connectivity index (χ1v) is 9.57. The second kappa shape index (κ2) is 6.93. The van der Waals surface area contributed by atoms with Crippen LogP contribution in [-0.2, 0) is 16.6 Å². The summed E-state index contributed by atoms with van der Waals surface area (Å²) in [5.74, 6) is 0.797. The van der Waals surface area contributed by atoms with E-state index >= 15 is 0 Å². The Bertz CT molecular complexity index is 969. The van der Waals surface area contributed by atoms with Gasteiger partial charge in [-0.3, -0.25) is 0 Å². The van der Waals surface area contributed by atoms with Gasteiger partial charge < -0.3 is 4.74 Å². The lowest BCUT2D eigenvalue weighted by atomic mass is 10.1. The summed E-state index contributed by atoms with van der Waals surface area (Å²) in [6.07, 6.45) is 0. The molecule has 124 valence electrons. The first-order valence-electron chi connectivity index (χ1n) is 7.30. The molecule has 0 saturated carbocycles. The van der Waals surface area contributed by atoms with E-state index in [1.165, 1.54) is 0 Å². The molecule has 24 heavy (non-hydrogen) atoms. The molecule has 0 unspecified atom stereocenters. The van der Waals surface area contributed by atoms with Gasteiger partial charge in [0.2, 0.25) is 10.0 Å². The number of rotatable bonds is 5. The Kier molecular flexibility index (Phi) is 4.89. The highest BCUT2D eigenvalue weighted by atomic mass is 79.9. The molecule has 0 atom stereocenters. The van der Waals surface area contributed by atoms with Gasteiger partial charge in [0.1, 0.15) is 5.75 Å². The molecule has 0 heterocycles. The second-order valence-electron chi connectivity index (χ2n) is 5.33. The van der Waals surface area contributed by atoms with E-state index in [9.17, 15) is 8.42 Å². The third kappa shape index (κ3) is 3.77. The normalized spacial score (nSPS) is 11.6.